The van der Waals surface area contributed by atoms with E-state index in [1.54, 1.807) is 6.07 Å². The van der Waals surface area contributed by atoms with E-state index >= 15 is 0 Å². The van der Waals surface area contributed by atoms with E-state index in [4.69, 9.17) is 16.3 Å². The number of carbonyl (C=O) groups is 1. The Hall–Kier alpha value is -1.02. The molecule has 76 valence electrons. The molecule has 0 aliphatic carbocycles. The van der Waals surface area contributed by atoms with Gasteiger partial charge in [-0.1, -0.05) is 11.6 Å². The van der Waals surface area contributed by atoms with Gasteiger partial charge in [0, 0.05) is 5.02 Å². The summed E-state index contributed by atoms with van der Waals surface area (Å²) in [4.78, 5) is 10.8. The fourth-order valence-corrected chi connectivity index (χ4v) is 1.51. The van der Waals surface area contributed by atoms with Gasteiger partial charge in [-0.3, -0.25) is 4.79 Å². The van der Waals surface area contributed by atoms with Crippen LogP contribution in [-0.2, 0) is 0 Å². The second-order valence-electron chi connectivity index (χ2n) is 3.10. The molecule has 2 nitrogen and oxygen atoms in total. The van der Waals surface area contributed by atoms with E-state index < -0.39 is 0 Å². The van der Waals surface area contributed by atoms with E-state index in [-0.39, 0.29) is 0 Å². The number of halogens is 1. The van der Waals surface area contributed by atoms with Gasteiger partial charge in [0.25, 0.3) is 0 Å². The second-order valence-corrected chi connectivity index (χ2v) is 3.47. The highest BCUT2D eigenvalue weighted by molar-refractivity contribution is 6.32. The van der Waals surface area contributed by atoms with Crippen LogP contribution in [0.5, 0.6) is 5.75 Å². The maximum Gasteiger partial charge on any atom is 0.154 e. The van der Waals surface area contributed by atoms with Gasteiger partial charge in [-0.25, -0.2) is 0 Å². The van der Waals surface area contributed by atoms with E-state index in [0.29, 0.717) is 22.9 Å². The van der Waals surface area contributed by atoms with Crippen LogP contribution in [0.1, 0.15) is 28.4 Å². The third kappa shape index (κ3) is 1.90. The summed E-state index contributed by atoms with van der Waals surface area (Å²) in [6, 6.07) is 1.79. The van der Waals surface area contributed by atoms with Crippen molar-refractivity contribution in [1.29, 1.82) is 0 Å². The number of rotatable bonds is 3. The van der Waals surface area contributed by atoms with Crippen LogP contribution >= 0.6 is 11.6 Å². The molecule has 0 unspecified atom stereocenters. The average molecular weight is 213 g/mol. The Balaban J connectivity index is 3.35. The van der Waals surface area contributed by atoms with Crippen molar-refractivity contribution in [2.45, 2.75) is 20.8 Å². The van der Waals surface area contributed by atoms with Crippen molar-refractivity contribution >= 4 is 17.9 Å². The molecule has 0 spiro atoms. The maximum absolute atomic E-state index is 10.8. The highest BCUT2D eigenvalue weighted by atomic mass is 35.5. The molecular weight excluding hydrogens is 200 g/mol. The summed E-state index contributed by atoms with van der Waals surface area (Å²) < 4.78 is 5.35. The average Bonchev–Trinajstić information content (AvgIpc) is 2.16. The van der Waals surface area contributed by atoms with Crippen LogP contribution in [0, 0.1) is 13.8 Å². The van der Waals surface area contributed by atoms with Gasteiger partial charge >= 0.3 is 0 Å². The van der Waals surface area contributed by atoms with E-state index in [9.17, 15) is 4.79 Å². The molecule has 0 aliphatic rings. The van der Waals surface area contributed by atoms with Crippen LogP contribution in [0.25, 0.3) is 0 Å². The van der Waals surface area contributed by atoms with Gasteiger partial charge in [0.15, 0.2) is 6.29 Å². The fourth-order valence-electron chi connectivity index (χ4n) is 1.36. The number of benzene rings is 1. The first kappa shape index (κ1) is 11.1. The Kier molecular flexibility index (Phi) is 3.53. The standard InChI is InChI=1S/C11H13ClO2/c1-4-14-10-5-7(2)11(12)8(3)9(10)6-13/h5-6H,4H2,1-3H3. The van der Waals surface area contributed by atoms with Crippen LogP contribution in [0.3, 0.4) is 0 Å². The van der Waals surface area contributed by atoms with Crippen LogP contribution in [-0.4, -0.2) is 12.9 Å². The molecule has 0 aliphatic heterocycles. The van der Waals surface area contributed by atoms with E-state index in [0.717, 1.165) is 17.4 Å². The molecule has 0 radical (unpaired) electrons. The molecule has 0 saturated heterocycles. The van der Waals surface area contributed by atoms with Crippen molar-refractivity contribution in [3.63, 3.8) is 0 Å². The van der Waals surface area contributed by atoms with Crippen LogP contribution in [0.2, 0.25) is 5.02 Å². The molecule has 0 atom stereocenters. The zero-order valence-corrected chi connectivity index (χ0v) is 9.31. The van der Waals surface area contributed by atoms with E-state index in [2.05, 4.69) is 0 Å². The molecule has 0 heterocycles. The molecule has 0 fully saturated rings. The number of carbonyl (C=O) groups excluding carboxylic acids is 1. The van der Waals surface area contributed by atoms with Crippen LogP contribution < -0.4 is 4.74 Å². The van der Waals surface area contributed by atoms with Crippen LogP contribution in [0.4, 0.5) is 0 Å². The van der Waals surface area contributed by atoms with Gasteiger partial charge in [-0.2, -0.15) is 0 Å². The molecule has 1 rings (SSSR count). The molecule has 1 aromatic carbocycles. The Morgan fingerprint density at radius 3 is 2.64 bits per heavy atom. The molecule has 3 heteroatoms. The molecular formula is C11H13ClO2. The van der Waals surface area contributed by atoms with Crippen molar-refractivity contribution in [2.75, 3.05) is 6.61 Å². The number of ether oxygens (including phenoxy) is 1. The molecule has 1 aromatic rings. The lowest BCUT2D eigenvalue weighted by Crippen LogP contribution is -1.99. The highest BCUT2D eigenvalue weighted by Crippen LogP contribution is 2.30. The zero-order chi connectivity index (χ0) is 10.7. The van der Waals surface area contributed by atoms with E-state index in [1.807, 2.05) is 20.8 Å². The predicted octanol–water partition coefficient (Wildman–Crippen LogP) is 3.17. The monoisotopic (exact) mass is 212 g/mol. The van der Waals surface area contributed by atoms with Crippen LogP contribution in [0.15, 0.2) is 6.07 Å². The fraction of sp³-hybridized carbons (Fsp3) is 0.364. The maximum atomic E-state index is 10.8. The topological polar surface area (TPSA) is 26.3 Å². The summed E-state index contributed by atoms with van der Waals surface area (Å²) in [5, 5.41) is 0.635. The first-order valence-electron chi connectivity index (χ1n) is 4.49. The van der Waals surface area contributed by atoms with Crippen molar-refractivity contribution in [3.8, 4) is 5.75 Å². The summed E-state index contributed by atoms with van der Waals surface area (Å²) in [5.74, 6) is 0.613. The van der Waals surface area contributed by atoms with E-state index in [1.165, 1.54) is 0 Å². The van der Waals surface area contributed by atoms with Gasteiger partial charge in [0.05, 0.1) is 12.2 Å². The second kappa shape index (κ2) is 4.47. The van der Waals surface area contributed by atoms with Crippen molar-refractivity contribution < 1.29 is 9.53 Å². The summed E-state index contributed by atoms with van der Waals surface area (Å²) in [5.41, 5.74) is 2.26. The summed E-state index contributed by atoms with van der Waals surface area (Å²) in [6.45, 7) is 6.14. The lowest BCUT2D eigenvalue weighted by molar-refractivity contribution is 0.111. The number of aryl methyl sites for hydroxylation is 1. The SMILES string of the molecule is CCOc1cc(C)c(Cl)c(C)c1C=O. The quantitative estimate of drug-likeness (QED) is 0.720. The first-order valence-corrected chi connectivity index (χ1v) is 4.87. The van der Waals surface area contributed by atoms with Gasteiger partial charge in [0.2, 0.25) is 0 Å². The van der Waals surface area contributed by atoms with Crippen molar-refractivity contribution in [1.82, 2.24) is 0 Å². The van der Waals surface area contributed by atoms with Crippen molar-refractivity contribution in [3.05, 3.63) is 27.8 Å². The zero-order valence-electron chi connectivity index (χ0n) is 8.56. The Bertz CT molecular complexity index is 359. The minimum Gasteiger partial charge on any atom is -0.493 e. The normalized spacial score (nSPS) is 10.0. The predicted molar refractivity (Wildman–Crippen MR) is 57.5 cm³/mol. The minimum atomic E-state index is 0.543. The lowest BCUT2D eigenvalue weighted by atomic mass is 10.1. The summed E-state index contributed by atoms with van der Waals surface area (Å²) in [7, 11) is 0. The van der Waals surface area contributed by atoms with Gasteiger partial charge in [-0.15, -0.1) is 0 Å². The van der Waals surface area contributed by atoms with Crippen molar-refractivity contribution in [2.24, 2.45) is 0 Å². The van der Waals surface area contributed by atoms with Gasteiger partial charge in [0.1, 0.15) is 5.75 Å². The first-order chi connectivity index (χ1) is 6.61. The Labute approximate surface area is 88.8 Å². The number of hydrogen-bond acceptors (Lipinski definition) is 2. The minimum absolute atomic E-state index is 0.543. The molecule has 0 amide bonds. The number of hydrogen-bond donors (Lipinski definition) is 0. The lowest BCUT2D eigenvalue weighted by Gasteiger charge is -2.11. The third-order valence-electron chi connectivity index (χ3n) is 2.11. The molecule has 14 heavy (non-hydrogen) atoms. The molecule has 0 N–H and O–H groups in total. The highest BCUT2D eigenvalue weighted by Gasteiger charge is 2.11. The smallest absolute Gasteiger partial charge is 0.154 e. The van der Waals surface area contributed by atoms with Gasteiger partial charge < -0.3 is 4.74 Å². The molecule has 0 bridgehead atoms. The Morgan fingerprint density at radius 1 is 1.50 bits per heavy atom. The summed E-state index contributed by atoms with van der Waals surface area (Å²) in [6.07, 6.45) is 0.783. The van der Waals surface area contributed by atoms with Gasteiger partial charge in [-0.05, 0) is 38.0 Å². The summed E-state index contributed by atoms with van der Waals surface area (Å²) >= 11 is 6.02. The molecule has 0 saturated carbocycles. The Morgan fingerprint density at radius 2 is 2.14 bits per heavy atom. The largest absolute Gasteiger partial charge is 0.493 e. The number of aldehydes is 1. The third-order valence-corrected chi connectivity index (χ3v) is 2.69. The molecule has 0 aromatic heterocycles.